The minimum atomic E-state index is -0.707. The van der Waals surface area contributed by atoms with Crippen LogP contribution in [0.5, 0.6) is 5.75 Å². The lowest BCUT2D eigenvalue weighted by atomic mass is 9.79. The lowest BCUT2D eigenvalue weighted by Gasteiger charge is -2.25. The molecule has 0 amide bonds. The number of allylic oxidation sites excluding steroid dienone is 2. The molecule has 2 saturated carbocycles. The van der Waals surface area contributed by atoms with Crippen molar-refractivity contribution in [2.45, 2.75) is 64.2 Å². The maximum atomic E-state index is 11.8. The van der Waals surface area contributed by atoms with Crippen LogP contribution in [0.2, 0.25) is 0 Å². The Morgan fingerprint density at radius 3 is 2.69 bits per heavy atom. The van der Waals surface area contributed by atoms with Crippen molar-refractivity contribution >= 4 is 5.97 Å². The average Bonchev–Trinajstić information content (AvgIpc) is 3.25. The first-order chi connectivity index (χ1) is 12.6. The molecule has 2 aliphatic rings. The average molecular weight is 357 g/mol. The first-order valence-electron chi connectivity index (χ1n) is 10.1. The number of methoxy groups -OCH3 is 1. The summed E-state index contributed by atoms with van der Waals surface area (Å²) in [5.74, 6) is 0.679. The molecule has 2 aliphatic carbocycles. The molecule has 3 nitrogen and oxygen atoms in total. The molecule has 2 unspecified atom stereocenters. The zero-order valence-corrected chi connectivity index (χ0v) is 16.1. The molecule has 2 bridgehead atoms. The van der Waals surface area contributed by atoms with Crippen molar-refractivity contribution in [1.29, 1.82) is 0 Å². The highest BCUT2D eigenvalue weighted by Crippen LogP contribution is 2.56. The third-order valence-corrected chi connectivity index (χ3v) is 6.76. The van der Waals surface area contributed by atoms with Crippen LogP contribution in [0.3, 0.4) is 0 Å². The summed E-state index contributed by atoms with van der Waals surface area (Å²) in [6, 6.07) is 7.88. The normalized spacial score (nSPS) is 26.9. The monoisotopic (exact) mass is 356 g/mol. The van der Waals surface area contributed by atoms with Gasteiger partial charge in [-0.2, -0.15) is 0 Å². The maximum absolute atomic E-state index is 11.8. The lowest BCUT2D eigenvalue weighted by Crippen LogP contribution is -2.21. The Morgan fingerprint density at radius 2 is 2.12 bits per heavy atom. The van der Waals surface area contributed by atoms with Crippen molar-refractivity contribution in [1.82, 2.24) is 0 Å². The number of carbonyl (C=O) groups is 1. The van der Waals surface area contributed by atoms with E-state index in [4.69, 9.17) is 4.74 Å². The van der Waals surface area contributed by atoms with Gasteiger partial charge in [0.25, 0.3) is 0 Å². The summed E-state index contributed by atoms with van der Waals surface area (Å²) in [6.45, 7) is 1.96. The zero-order chi connectivity index (χ0) is 18.6. The maximum Gasteiger partial charge on any atom is 0.307 e. The minimum absolute atomic E-state index is 0.0127. The Morgan fingerprint density at radius 1 is 1.35 bits per heavy atom. The van der Waals surface area contributed by atoms with Crippen LogP contribution in [0.15, 0.2) is 36.4 Å². The van der Waals surface area contributed by atoms with Gasteiger partial charge in [0.05, 0.1) is 13.0 Å². The summed E-state index contributed by atoms with van der Waals surface area (Å²) in [7, 11) is 1.65. The second kappa shape index (κ2) is 8.28. The van der Waals surface area contributed by atoms with Crippen LogP contribution in [0.4, 0.5) is 0 Å². The molecule has 1 aromatic carbocycles. The van der Waals surface area contributed by atoms with E-state index in [1.807, 2.05) is 31.2 Å². The van der Waals surface area contributed by atoms with E-state index in [1.54, 1.807) is 7.11 Å². The Bertz CT molecular complexity index is 641. The summed E-state index contributed by atoms with van der Waals surface area (Å²) in [5.41, 5.74) is 1.62. The molecule has 0 radical (unpaired) electrons. The second-order valence-electron chi connectivity index (χ2n) is 8.29. The van der Waals surface area contributed by atoms with Gasteiger partial charge in [-0.05, 0) is 80.4 Å². The van der Waals surface area contributed by atoms with Crippen LogP contribution in [-0.2, 0) is 4.79 Å². The highest BCUT2D eigenvalue weighted by atomic mass is 16.5. The number of aliphatic carboxylic acids is 1. The molecule has 2 fully saturated rings. The van der Waals surface area contributed by atoms with Crippen molar-refractivity contribution in [2.24, 2.45) is 17.3 Å². The van der Waals surface area contributed by atoms with Crippen molar-refractivity contribution in [3.63, 3.8) is 0 Å². The number of hydrogen-bond donors (Lipinski definition) is 1. The van der Waals surface area contributed by atoms with Gasteiger partial charge in [-0.3, -0.25) is 4.79 Å². The van der Waals surface area contributed by atoms with Crippen molar-refractivity contribution in [3.05, 3.63) is 42.0 Å². The van der Waals surface area contributed by atoms with Crippen LogP contribution in [0.1, 0.15) is 69.8 Å². The third-order valence-electron chi connectivity index (χ3n) is 6.76. The highest BCUT2D eigenvalue weighted by molar-refractivity contribution is 5.71. The van der Waals surface area contributed by atoms with E-state index >= 15 is 0 Å². The molecule has 3 heteroatoms. The van der Waals surface area contributed by atoms with Gasteiger partial charge in [-0.25, -0.2) is 0 Å². The van der Waals surface area contributed by atoms with Crippen molar-refractivity contribution in [2.75, 3.05) is 7.11 Å². The summed E-state index contributed by atoms with van der Waals surface area (Å²) < 4.78 is 5.34. The number of carboxylic acids is 1. The summed E-state index contributed by atoms with van der Waals surface area (Å²) in [4.78, 5) is 11.8. The van der Waals surface area contributed by atoms with Crippen LogP contribution < -0.4 is 4.74 Å². The van der Waals surface area contributed by atoms with Gasteiger partial charge >= 0.3 is 5.97 Å². The van der Waals surface area contributed by atoms with Crippen LogP contribution in [0, 0.1) is 17.3 Å². The standard InChI is InChI=1S/C23H32O3/c1-3-20(22(24)25)21(18-7-6-8-19(15-18)26-2)9-4-5-12-23-13-10-17(16-23)11-14-23/h4-8,15,17,20-21H,3,9-14,16H2,1-2H3,(H,24,25). The van der Waals surface area contributed by atoms with Crippen LogP contribution in [0.25, 0.3) is 0 Å². The molecule has 26 heavy (non-hydrogen) atoms. The molecule has 2 atom stereocenters. The van der Waals surface area contributed by atoms with E-state index in [0.29, 0.717) is 11.8 Å². The molecule has 0 heterocycles. The van der Waals surface area contributed by atoms with Gasteiger partial charge in [0.2, 0.25) is 0 Å². The number of rotatable bonds is 9. The first kappa shape index (κ1) is 19.0. The Hall–Kier alpha value is -1.77. The van der Waals surface area contributed by atoms with E-state index < -0.39 is 5.97 Å². The van der Waals surface area contributed by atoms with Gasteiger partial charge in [0.15, 0.2) is 0 Å². The predicted octanol–water partition coefficient (Wildman–Crippen LogP) is 5.81. The first-order valence-corrected chi connectivity index (χ1v) is 10.1. The van der Waals surface area contributed by atoms with Crippen LogP contribution in [-0.4, -0.2) is 18.2 Å². The second-order valence-corrected chi connectivity index (χ2v) is 8.29. The number of carboxylic acid groups (broad SMARTS) is 1. The number of hydrogen-bond acceptors (Lipinski definition) is 2. The lowest BCUT2D eigenvalue weighted by molar-refractivity contribution is -0.142. The van der Waals surface area contributed by atoms with E-state index in [0.717, 1.165) is 30.1 Å². The third kappa shape index (κ3) is 4.13. The smallest absolute Gasteiger partial charge is 0.307 e. The Labute approximate surface area is 157 Å². The van der Waals surface area contributed by atoms with Gasteiger partial charge in [-0.1, -0.05) is 31.2 Å². The molecule has 0 aliphatic heterocycles. The molecule has 3 rings (SSSR count). The van der Waals surface area contributed by atoms with E-state index in [1.165, 1.54) is 32.1 Å². The van der Waals surface area contributed by atoms with Gasteiger partial charge < -0.3 is 9.84 Å². The molecule has 1 aromatic rings. The Balaban J connectivity index is 1.70. The fourth-order valence-electron chi connectivity index (χ4n) is 5.21. The fourth-order valence-corrected chi connectivity index (χ4v) is 5.21. The molecular formula is C23H32O3. The van der Waals surface area contributed by atoms with E-state index in [-0.39, 0.29) is 11.8 Å². The Kier molecular flexibility index (Phi) is 6.05. The summed E-state index contributed by atoms with van der Waals surface area (Å²) in [5, 5.41) is 9.69. The summed E-state index contributed by atoms with van der Waals surface area (Å²) >= 11 is 0. The summed E-state index contributed by atoms with van der Waals surface area (Å²) in [6.07, 6.45) is 14.1. The number of ether oxygens (including phenoxy) is 1. The van der Waals surface area contributed by atoms with Gasteiger partial charge in [-0.15, -0.1) is 0 Å². The predicted molar refractivity (Wildman–Crippen MR) is 105 cm³/mol. The van der Waals surface area contributed by atoms with E-state index in [2.05, 4.69) is 12.2 Å². The molecule has 1 N–H and O–H groups in total. The largest absolute Gasteiger partial charge is 0.497 e. The fraction of sp³-hybridized carbons (Fsp3) is 0.609. The minimum Gasteiger partial charge on any atom is -0.497 e. The molecule has 142 valence electrons. The number of benzene rings is 1. The quantitative estimate of drug-likeness (QED) is 0.568. The molecule has 0 aromatic heterocycles. The highest BCUT2D eigenvalue weighted by Gasteiger charge is 2.43. The molecule has 0 spiro atoms. The van der Waals surface area contributed by atoms with E-state index in [9.17, 15) is 9.90 Å². The van der Waals surface area contributed by atoms with Crippen molar-refractivity contribution in [3.8, 4) is 5.75 Å². The van der Waals surface area contributed by atoms with Crippen molar-refractivity contribution < 1.29 is 14.6 Å². The van der Waals surface area contributed by atoms with Gasteiger partial charge in [0, 0.05) is 5.92 Å². The molecule has 0 saturated heterocycles. The molecular weight excluding hydrogens is 324 g/mol. The topological polar surface area (TPSA) is 46.5 Å². The van der Waals surface area contributed by atoms with Crippen LogP contribution >= 0.6 is 0 Å². The van der Waals surface area contributed by atoms with Gasteiger partial charge in [0.1, 0.15) is 5.75 Å². The SMILES string of the molecule is CCC(C(=O)O)C(CC=CCC12CCC(CC1)C2)c1cccc(OC)c1. The number of fused-ring (bicyclic) bond motifs is 2. The zero-order valence-electron chi connectivity index (χ0n) is 16.1.